The molecule has 2 saturated heterocycles. The van der Waals surface area contributed by atoms with E-state index in [1.165, 1.54) is 0 Å². The Balaban J connectivity index is 1.60. The highest BCUT2D eigenvalue weighted by molar-refractivity contribution is 5.97. The van der Waals surface area contributed by atoms with Gasteiger partial charge in [-0.3, -0.25) is 9.59 Å². The molecule has 0 spiro atoms. The predicted molar refractivity (Wildman–Crippen MR) is 93.4 cm³/mol. The van der Waals surface area contributed by atoms with Crippen molar-refractivity contribution in [1.29, 1.82) is 0 Å². The first-order chi connectivity index (χ1) is 11.9. The SMILES string of the molecule is CC1CN(C(=O)c2ccc(NC(=O)C3CC(O)CN3)cc2)CC(C)O1. The molecule has 2 amide bonds. The number of morpholine rings is 1. The summed E-state index contributed by atoms with van der Waals surface area (Å²) in [6.45, 7) is 5.52. The molecule has 3 N–H and O–H groups in total. The maximum absolute atomic E-state index is 12.6. The number of hydrogen-bond donors (Lipinski definition) is 3. The lowest BCUT2D eigenvalue weighted by Crippen LogP contribution is -2.48. The highest BCUT2D eigenvalue weighted by Gasteiger charge is 2.28. The summed E-state index contributed by atoms with van der Waals surface area (Å²) in [6.07, 6.45) is -0.00870. The summed E-state index contributed by atoms with van der Waals surface area (Å²) in [5.74, 6) is -0.202. The lowest BCUT2D eigenvalue weighted by molar-refractivity contribution is -0.117. The Morgan fingerprint density at radius 3 is 2.40 bits per heavy atom. The lowest BCUT2D eigenvalue weighted by Gasteiger charge is -2.35. The van der Waals surface area contributed by atoms with Gasteiger partial charge in [-0.25, -0.2) is 0 Å². The number of ether oxygens (including phenoxy) is 1. The van der Waals surface area contributed by atoms with Crippen LogP contribution in [0.15, 0.2) is 24.3 Å². The van der Waals surface area contributed by atoms with E-state index in [2.05, 4.69) is 10.6 Å². The molecule has 0 bridgehead atoms. The van der Waals surface area contributed by atoms with Crippen LogP contribution in [0.1, 0.15) is 30.6 Å². The number of β-amino-alcohol motifs (C(OH)–C–C–N with tert-alkyl or cyclic N) is 1. The van der Waals surface area contributed by atoms with E-state index < -0.39 is 6.10 Å². The van der Waals surface area contributed by atoms with Crippen LogP contribution >= 0.6 is 0 Å². The van der Waals surface area contributed by atoms with Crippen molar-refractivity contribution >= 4 is 17.5 Å². The van der Waals surface area contributed by atoms with E-state index in [0.717, 1.165) is 0 Å². The molecular weight excluding hydrogens is 322 g/mol. The molecule has 0 radical (unpaired) electrons. The summed E-state index contributed by atoms with van der Waals surface area (Å²) in [7, 11) is 0. The minimum atomic E-state index is -0.478. The van der Waals surface area contributed by atoms with Gasteiger partial charge in [0.05, 0.1) is 24.4 Å². The highest BCUT2D eigenvalue weighted by atomic mass is 16.5. The van der Waals surface area contributed by atoms with Gasteiger partial charge in [-0.05, 0) is 44.5 Å². The van der Waals surface area contributed by atoms with Crippen molar-refractivity contribution in [1.82, 2.24) is 10.2 Å². The van der Waals surface area contributed by atoms with Gasteiger partial charge in [0, 0.05) is 30.9 Å². The minimum absolute atomic E-state index is 0.0274. The van der Waals surface area contributed by atoms with Crippen LogP contribution in [0.5, 0.6) is 0 Å². The van der Waals surface area contributed by atoms with E-state index in [9.17, 15) is 14.7 Å². The first-order valence-corrected chi connectivity index (χ1v) is 8.69. The number of nitrogens with one attached hydrogen (secondary N) is 2. The van der Waals surface area contributed by atoms with Crippen molar-refractivity contribution in [2.45, 2.75) is 44.6 Å². The molecule has 1 aromatic rings. The summed E-state index contributed by atoms with van der Waals surface area (Å²) in [5, 5.41) is 15.3. The number of nitrogens with zero attached hydrogens (tertiary/aromatic N) is 1. The van der Waals surface area contributed by atoms with Gasteiger partial charge in [0.15, 0.2) is 0 Å². The van der Waals surface area contributed by atoms with Crippen molar-refractivity contribution < 1.29 is 19.4 Å². The Hall–Kier alpha value is -1.96. The van der Waals surface area contributed by atoms with Crippen molar-refractivity contribution in [2.24, 2.45) is 0 Å². The number of carbonyl (C=O) groups excluding carboxylic acids is 2. The largest absolute Gasteiger partial charge is 0.392 e. The van der Waals surface area contributed by atoms with Gasteiger partial charge < -0.3 is 25.4 Å². The second kappa shape index (κ2) is 7.51. The molecule has 0 aliphatic carbocycles. The second-order valence-electron chi connectivity index (χ2n) is 6.88. The Labute approximate surface area is 147 Å². The van der Waals surface area contributed by atoms with Crippen molar-refractivity contribution in [2.75, 3.05) is 25.0 Å². The van der Waals surface area contributed by atoms with Crippen LogP contribution in [0, 0.1) is 0 Å². The molecule has 3 rings (SSSR count). The third kappa shape index (κ3) is 4.36. The fourth-order valence-electron chi connectivity index (χ4n) is 3.37. The van der Waals surface area contributed by atoms with Crippen LogP contribution in [0.2, 0.25) is 0 Å². The summed E-state index contributed by atoms with van der Waals surface area (Å²) >= 11 is 0. The molecular formula is C18H25N3O4. The Kier molecular flexibility index (Phi) is 5.36. The zero-order chi connectivity index (χ0) is 18.0. The zero-order valence-corrected chi connectivity index (χ0v) is 14.6. The molecule has 4 atom stereocenters. The van der Waals surface area contributed by atoms with Crippen LogP contribution in [0.3, 0.4) is 0 Å². The average Bonchev–Trinajstić information content (AvgIpc) is 3.00. The fourth-order valence-corrected chi connectivity index (χ4v) is 3.37. The van der Waals surface area contributed by atoms with Gasteiger partial charge in [0.2, 0.25) is 5.91 Å². The Bertz CT molecular complexity index is 624. The topological polar surface area (TPSA) is 90.9 Å². The molecule has 7 heteroatoms. The molecule has 0 saturated carbocycles. The van der Waals surface area contributed by atoms with Crippen molar-refractivity contribution in [3.8, 4) is 0 Å². The first-order valence-electron chi connectivity index (χ1n) is 8.69. The first kappa shape index (κ1) is 17.8. The third-order valence-electron chi connectivity index (χ3n) is 4.53. The van der Waals surface area contributed by atoms with Crippen LogP contribution in [-0.4, -0.2) is 65.8 Å². The van der Waals surface area contributed by atoms with Crippen molar-refractivity contribution in [3.63, 3.8) is 0 Å². The van der Waals surface area contributed by atoms with E-state index in [1.54, 1.807) is 29.2 Å². The Morgan fingerprint density at radius 2 is 1.84 bits per heavy atom. The number of benzene rings is 1. The number of aliphatic hydroxyl groups excluding tert-OH is 1. The quantitative estimate of drug-likeness (QED) is 0.745. The lowest BCUT2D eigenvalue weighted by atomic mass is 10.1. The van der Waals surface area contributed by atoms with E-state index in [1.807, 2.05) is 13.8 Å². The standard InChI is InChI=1S/C18H25N3O4/c1-11-9-21(10-12(2)25-11)18(24)13-3-5-14(6-4-13)20-17(23)16-7-15(22)8-19-16/h3-6,11-12,15-16,19,22H,7-10H2,1-2H3,(H,20,23). The molecule has 0 aromatic heterocycles. The van der Waals surface area contributed by atoms with Crippen LogP contribution in [0.25, 0.3) is 0 Å². The molecule has 2 fully saturated rings. The van der Waals surface area contributed by atoms with Crippen LogP contribution in [-0.2, 0) is 9.53 Å². The molecule has 1 aromatic carbocycles. The van der Waals surface area contributed by atoms with Gasteiger partial charge in [-0.15, -0.1) is 0 Å². The number of hydrogen-bond acceptors (Lipinski definition) is 5. The maximum atomic E-state index is 12.6. The molecule has 136 valence electrons. The van der Waals surface area contributed by atoms with Gasteiger partial charge in [0.25, 0.3) is 5.91 Å². The average molecular weight is 347 g/mol. The van der Waals surface area contributed by atoms with Gasteiger partial charge in [-0.1, -0.05) is 0 Å². The minimum Gasteiger partial charge on any atom is -0.392 e. The normalized spacial score (nSPS) is 29.5. The number of amides is 2. The van der Waals surface area contributed by atoms with Gasteiger partial charge >= 0.3 is 0 Å². The molecule has 2 aliphatic rings. The van der Waals surface area contributed by atoms with E-state index in [-0.39, 0.29) is 30.1 Å². The van der Waals surface area contributed by atoms with Crippen LogP contribution in [0.4, 0.5) is 5.69 Å². The Morgan fingerprint density at radius 1 is 1.20 bits per heavy atom. The van der Waals surface area contributed by atoms with E-state index in [0.29, 0.717) is 37.3 Å². The molecule has 2 aliphatic heterocycles. The van der Waals surface area contributed by atoms with E-state index >= 15 is 0 Å². The monoisotopic (exact) mass is 347 g/mol. The fraction of sp³-hybridized carbons (Fsp3) is 0.556. The van der Waals surface area contributed by atoms with Gasteiger partial charge in [0.1, 0.15) is 0 Å². The number of aliphatic hydroxyl groups is 1. The molecule has 2 heterocycles. The summed E-state index contributed by atoms with van der Waals surface area (Å²) in [5.41, 5.74) is 1.22. The van der Waals surface area contributed by atoms with Crippen molar-refractivity contribution in [3.05, 3.63) is 29.8 Å². The highest BCUT2D eigenvalue weighted by Crippen LogP contribution is 2.17. The third-order valence-corrected chi connectivity index (χ3v) is 4.53. The predicted octanol–water partition coefficient (Wildman–Crippen LogP) is 0.597. The summed E-state index contributed by atoms with van der Waals surface area (Å²) in [4.78, 5) is 26.5. The second-order valence-corrected chi connectivity index (χ2v) is 6.88. The maximum Gasteiger partial charge on any atom is 0.254 e. The summed E-state index contributed by atoms with van der Waals surface area (Å²) in [6, 6.07) is 6.51. The smallest absolute Gasteiger partial charge is 0.254 e. The van der Waals surface area contributed by atoms with E-state index in [4.69, 9.17) is 4.74 Å². The van der Waals surface area contributed by atoms with Gasteiger partial charge in [-0.2, -0.15) is 0 Å². The van der Waals surface area contributed by atoms with Crippen LogP contribution < -0.4 is 10.6 Å². The number of anilines is 1. The molecule has 4 unspecified atom stereocenters. The zero-order valence-electron chi connectivity index (χ0n) is 14.6. The summed E-state index contributed by atoms with van der Waals surface area (Å²) < 4.78 is 5.66. The molecule has 7 nitrogen and oxygen atoms in total. The number of rotatable bonds is 3. The molecule has 25 heavy (non-hydrogen) atoms. The number of carbonyl (C=O) groups is 2.